The van der Waals surface area contributed by atoms with Crippen molar-refractivity contribution >= 4 is 23.5 Å². The van der Waals surface area contributed by atoms with Crippen LogP contribution in [0, 0.1) is 0 Å². The largest absolute Gasteiger partial charge is 0.497 e. The minimum Gasteiger partial charge on any atom is -0.497 e. The van der Waals surface area contributed by atoms with E-state index in [9.17, 15) is 0 Å². The Hall–Kier alpha value is -2.40. The van der Waals surface area contributed by atoms with Crippen LogP contribution in [0.25, 0.3) is 0 Å². The van der Waals surface area contributed by atoms with Gasteiger partial charge in [-0.25, -0.2) is 0 Å². The zero-order valence-electron chi connectivity index (χ0n) is 12.6. The van der Waals surface area contributed by atoms with E-state index in [2.05, 4.69) is 10.5 Å². The van der Waals surface area contributed by atoms with Crippen molar-refractivity contribution in [3.8, 4) is 17.2 Å². The number of rotatable bonds is 6. The maximum absolute atomic E-state index is 6.14. The molecule has 116 valence electrons. The lowest BCUT2D eigenvalue weighted by molar-refractivity contribution is 0.355. The number of anilines is 1. The van der Waals surface area contributed by atoms with E-state index in [-0.39, 0.29) is 0 Å². The van der Waals surface area contributed by atoms with Crippen molar-refractivity contribution in [1.82, 2.24) is 0 Å². The third-order valence-electron chi connectivity index (χ3n) is 2.95. The molecular formula is C16H17ClN2O3. The molecule has 0 saturated carbocycles. The zero-order valence-corrected chi connectivity index (χ0v) is 13.3. The first-order valence-corrected chi connectivity index (χ1v) is 6.90. The van der Waals surface area contributed by atoms with Crippen molar-refractivity contribution in [2.24, 2.45) is 5.10 Å². The topological polar surface area (TPSA) is 52.1 Å². The number of nitrogens with zero attached hydrogens (tertiary/aromatic N) is 1. The Morgan fingerprint density at radius 2 is 1.73 bits per heavy atom. The molecular weight excluding hydrogens is 304 g/mol. The van der Waals surface area contributed by atoms with Gasteiger partial charge in [-0.05, 0) is 42.0 Å². The standard InChI is InChI=1S/C16H17ClN2O3/c1-20-13-6-4-12(5-7-13)19-18-10-11-8-14(17)16(22-3)15(9-11)21-2/h4-10,19H,1-3H3/b18-10+. The lowest BCUT2D eigenvalue weighted by Crippen LogP contribution is -1.95. The minimum atomic E-state index is 0.466. The van der Waals surface area contributed by atoms with Gasteiger partial charge in [-0.1, -0.05) is 11.6 Å². The number of ether oxygens (including phenoxy) is 3. The summed E-state index contributed by atoms with van der Waals surface area (Å²) in [6.07, 6.45) is 1.65. The number of benzene rings is 2. The van der Waals surface area contributed by atoms with Crippen LogP contribution in [0.2, 0.25) is 5.02 Å². The highest BCUT2D eigenvalue weighted by Gasteiger charge is 2.09. The molecule has 1 N–H and O–H groups in total. The maximum Gasteiger partial charge on any atom is 0.179 e. The van der Waals surface area contributed by atoms with Gasteiger partial charge in [-0.3, -0.25) is 5.43 Å². The van der Waals surface area contributed by atoms with Gasteiger partial charge < -0.3 is 14.2 Å². The maximum atomic E-state index is 6.14. The molecule has 22 heavy (non-hydrogen) atoms. The molecule has 0 unspecified atom stereocenters. The average Bonchev–Trinajstić information content (AvgIpc) is 2.55. The highest BCUT2D eigenvalue weighted by atomic mass is 35.5. The summed E-state index contributed by atoms with van der Waals surface area (Å²) >= 11 is 6.14. The van der Waals surface area contributed by atoms with Gasteiger partial charge in [-0.2, -0.15) is 5.10 Å². The predicted octanol–water partition coefficient (Wildman–Crippen LogP) is 3.81. The number of methoxy groups -OCH3 is 3. The van der Waals surface area contributed by atoms with Gasteiger partial charge in [0, 0.05) is 0 Å². The lowest BCUT2D eigenvalue weighted by atomic mass is 10.2. The van der Waals surface area contributed by atoms with E-state index in [0.717, 1.165) is 17.0 Å². The highest BCUT2D eigenvalue weighted by Crippen LogP contribution is 2.35. The number of nitrogens with one attached hydrogen (secondary N) is 1. The van der Waals surface area contributed by atoms with Crippen LogP contribution in [0.15, 0.2) is 41.5 Å². The van der Waals surface area contributed by atoms with Gasteiger partial charge in [-0.15, -0.1) is 0 Å². The number of hydrogen-bond acceptors (Lipinski definition) is 5. The van der Waals surface area contributed by atoms with E-state index in [4.69, 9.17) is 25.8 Å². The Bertz CT molecular complexity index is 657. The molecule has 2 aromatic carbocycles. The average molecular weight is 321 g/mol. The number of halogens is 1. The molecule has 0 aromatic heterocycles. The van der Waals surface area contributed by atoms with Crippen LogP contribution in [0.1, 0.15) is 5.56 Å². The summed E-state index contributed by atoms with van der Waals surface area (Å²) in [6.45, 7) is 0. The molecule has 0 bridgehead atoms. The highest BCUT2D eigenvalue weighted by molar-refractivity contribution is 6.32. The minimum absolute atomic E-state index is 0.466. The Labute approximate surface area is 134 Å². The Kier molecular flexibility index (Phi) is 5.49. The molecule has 0 spiro atoms. The van der Waals surface area contributed by atoms with Crippen LogP contribution < -0.4 is 19.6 Å². The Balaban J connectivity index is 2.10. The van der Waals surface area contributed by atoms with Crippen LogP contribution in [-0.4, -0.2) is 27.5 Å². The van der Waals surface area contributed by atoms with E-state index < -0.39 is 0 Å². The molecule has 0 aliphatic rings. The summed E-state index contributed by atoms with van der Waals surface area (Å²) in [5.41, 5.74) is 4.57. The van der Waals surface area contributed by atoms with Gasteiger partial charge in [0.2, 0.25) is 0 Å². The molecule has 2 rings (SSSR count). The molecule has 5 nitrogen and oxygen atoms in total. The smallest absolute Gasteiger partial charge is 0.179 e. The Morgan fingerprint density at radius 3 is 2.32 bits per heavy atom. The fourth-order valence-corrected chi connectivity index (χ4v) is 2.16. The third kappa shape index (κ3) is 3.83. The monoisotopic (exact) mass is 320 g/mol. The van der Waals surface area contributed by atoms with Crippen molar-refractivity contribution in [1.29, 1.82) is 0 Å². The summed E-state index contributed by atoms with van der Waals surface area (Å²) in [5.74, 6) is 1.85. The van der Waals surface area contributed by atoms with Crippen LogP contribution in [0.3, 0.4) is 0 Å². The van der Waals surface area contributed by atoms with Crippen LogP contribution in [0.4, 0.5) is 5.69 Å². The molecule has 2 aromatic rings. The molecule has 0 aliphatic carbocycles. The summed E-state index contributed by atoms with van der Waals surface area (Å²) in [7, 11) is 4.73. The van der Waals surface area contributed by atoms with E-state index in [1.54, 1.807) is 39.7 Å². The van der Waals surface area contributed by atoms with Crippen molar-refractivity contribution < 1.29 is 14.2 Å². The van der Waals surface area contributed by atoms with Gasteiger partial charge in [0.1, 0.15) is 5.75 Å². The molecule has 0 amide bonds. The molecule has 0 fully saturated rings. The number of hydrazone groups is 1. The molecule has 0 atom stereocenters. The van der Waals surface area contributed by atoms with Crippen molar-refractivity contribution in [2.45, 2.75) is 0 Å². The van der Waals surface area contributed by atoms with E-state index in [0.29, 0.717) is 16.5 Å². The second-order valence-electron chi connectivity index (χ2n) is 4.34. The van der Waals surface area contributed by atoms with Crippen molar-refractivity contribution in [3.63, 3.8) is 0 Å². The quantitative estimate of drug-likeness (QED) is 0.649. The molecule has 6 heteroatoms. The molecule has 0 heterocycles. The summed E-state index contributed by atoms with van der Waals surface area (Å²) < 4.78 is 15.5. The van der Waals surface area contributed by atoms with Gasteiger partial charge in [0.25, 0.3) is 0 Å². The molecule has 0 saturated heterocycles. The number of hydrogen-bond donors (Lipinski definition) is 1. The van der Waals surface area contributed by atoms with Crippen molar-refractivity contribution in [3.05, 3.63) is 47.0 Å². The zero-order chi connectivity index (χ0) is 15.9. The predicted molar refractivity (Wildman–Crippen MR) is 88.8 cm³/mol. The molecule has 0 aliphatic heterocycles. The fraction of sp³-hybridized carbons (Fsp3) is 0.188. The third-order valence-corrected chi connectivity index (χ3v) is 3.23. The second kappa shape index (κ2) is 7.56. The first kappa shape index (κ1) is 16.0. The normalized spacial score (nSPS) is 10.5. The van der Waals surface area contributed by atoms with Gasteiger partial charge in [0.05, 0.1) is 38.3 Å². The first-order valence-electron chi connectivity index (χ1n) is 6.52. The second-order valence-corrected chi connectivity index (χ2v) is 4.74. The van der Waals surface area contributed by atoms with Crippen LogP contribution in [0.5, 0.6) is 17.2 Å². The summed E-state index contributed by atoms with van der Waals surface area (Å²) in [4.78, 5) is 0. The first-order chi connectivity index (χ1) is 10.7. The fourth-order valence-electron chi connectivity index (χ4n) is 1.86. The van der Waals surface area contributed by atoms with E-state index in [1.807, 2.05) is 24.3 Å². The van der Waals surface area contributed by atoms with E-state index in [1.165, 1.54) is 0 Å². The van der Waals surface area contributed by atoms with Gasteiger partial charge >= 0.3 is 0 Å². The summed E-state index contributed by atoms with van der Waals surface area (Å²) in [5, 5.41) is 4.63. The molecule has 0 radical (unpaired) electrons. The van der Waals surface area contributed by atoms with Crippen LogP contribution >= 0.6 is 11.6 Å². The Morgan fingerprint density at radius 1 is 1.00 bits per heavy atom. The van der Waals surface area contributed by atoms with Crippen LogP contribution in [-0.2, 0) is 0 Å². The van der Waals surface area contributed by atoms with Crippen molar-refractivity contribution in [2.75, 3.05) is 26.8 Å². The lowest BCUT2D eigenvalue weighted by Gasteiger charge is -2.10. The van der Waals surface area contributed by atoms with E-state index >= 15 is 0 Å². The summed E-state index contributed by atoms with van der Waals surface area (Å²) in [6, 6.07) is 11.0. The SMILES string of the molecule is COc1ccc(N/N=C/c2cc(Cl)c(OC)c(OC)c2)cc1. The van der Waals surface area contributed by atoms with Gasteiger partial charge in [0.15, 0.2) is 11.5 Å².